The van der Waals surface area contributed by atoms with E-state index >= 15 is 0 Å². The first-order valence-corrected chi connectivity index (χ1v) is 12.7. The van der Waals surface area contributed by atoms with Gasteiger partial charge in [0.25, 0.3) is 5.91 Å². The quantitative estimate of drug-likeness (QED) is 0.390. The van der Waals surface area contributed by atoms with E-state index in [4.69, 9.17) is 10.5 Å². The zero-order valence-electron chi connectivity index (χ0n) is 19.7. The first-order chi connectivity index (χ1) is 16.4. The average Bonchev–Trinajstić information content (AvgIpc) is 3.40. The molecular formula is C27H28N4O2S. The molecule has 0 bridgehead atoms. The van der Waals surface area contributed by atoms with E-state index in [1.807, 2.05) is 32.0 Å². The lowest BCUT2D eigenvalue weighted by molar-refractivity contribution is 0.0545. The van der Waals surface area contributed by atoms with Crippen molar-refractivity contribution in [3.63, 3.8) is 0 Å². The Morgan fingerprint density at radius 1 is 1.12 bits per heavy atom. The number of hydrogen-bond acceptors (Lipinski definition) is 6. The van der Waals surface area contributed by atoms with E-state index in [9.17, 15) is 4.79 Å². The van der Waals surface area contributed by atoms with Gasteiger partial charge in [-0.3, -0.25) is 4.79 Å². The lowest BCUT2D eigenvalue weighted by Crippen LogP contribution is -2.41. The normalized spacial score (nSPS) is 22.4. The first-order valence-electron chi connectivity index (χ1n) is 11.9. The van der Waals surface area contributed by atoms with Crippen molar-refractivity contribution in [2.75, 3.05) is 12.3 Å². The Morgan fingerprint density at radius 3 is 2.79 bits per heavy atom. The van der Waals surface area contributed by atoms with Crippen LogP contribution in [0.1, 0.15) is 70.9 Å². The topological polar surface area (TPSA) is 81.3 Å². The number of rotatable bonds is 2. The summed E-state index contributed by atoms with van der Waals surface area (Å²) in [6, 6.07) is 12.3. The number of piperidine rings is 1. The van der Waals surface area contributed by atoms with Crippen molar-refractivity contribution < 1.29 is 9.53 Å². The summed E-state index contributed by atoms with van der Waals surface area (Å²) in [5.74, 6) is 1.05. The Bertz CT molecular complexity index is 1450. The fraction of sp³-hybridized carbons (Fsp3) is 0.370. The highest BCUT2D eigenvalue weighted by molar-refractivity contribution is 7.18. The number of amides is 1. The second-order valence-electron chi connectivity index (χ2n) is 9.69. The third-order valence-corrected chi connectivity index (χ3v) is 8.21. The summed E-state index contributed by atoms with van der Waals surface area (Å²) in [4.78, 5) is 25.2. The number of anilines is 1. The minimum absolute atomic E-state index is 0.0600. The van der Waals surface area contributed by atoms with E-state index in [1.165, 1.54) is 10.3 Å². The number of nitrogens with zero attached hydrogens (tertiary/aromatic N) is 3. The summed E-state index contributed by atoms with van der Waals surface area (Å²) in [5, 5.41) is 2.02. The molecule has 4 heterocycles. The molecule has 2 aromatic carbocycles. The minimum Gasteiger partial charge on any atom is -0.383 e. The number of carbonyl (C=O) groups is 1. The molecule has 2 aliphatic heterocycles. The van der Waals surface area contributed by atoms with E-state index < -0.39 is 0 Å². The number of fused-ring (bicyclic) bond motifs is 4. The molecule has 2 aromatic heterocycles. The van der Waals surface area contributed by atoms with Crippen molar-refractivity contribution in [3.05, 3.63) is 63.7 Å². The number of carbonyl (C=O) groups excluding carboxylic acids is 1. The number of thiazole rings is 1. The Kier molecular flexibility index (Phi) is 5.08. The summed E-state index contributed by atoms with van der Waals surface area (Å²) < 4.78 is 7.02. The summed E-state index contributed by atoms with van der Waals surface area (Å²) >= 11 is 1.71. The van der Waals surface area contributed by atoms with Crippen LogP contribution < -0.4 is 5.73 Å². The Hall–Kier alpha value is -3.03. The molecule has 34 heavy (non-hydrogen) atoms. The molecule has 7 heteroatoms. The molecule has 2 N–H and O–H groups in total. The van der Waals surface area contributed by atoms with Gasteiger partial charge < -0.3 is 15.4 Å². The SMILES string of the molecule is Cc1nc2ccc([C@@H]3CC[C@@H](C)CN3C(=O)c3ccc4nc(N)c5c(c4c3)CO[C@@H]5C)cc2s1. The second kappa shape index (κ2) is 8.03. The highest BCUT2D eigenvalue weighted by Crippen LogP contribution is 2.40. The van der Waals surface area contributed by atoms with Gasteiger partial charge in [0.1, 0.15) is 5.82 Å². The van der Waals surface area contributed by atoms with Gasteiger partial charge in [-0.2, -0.15) is 0 Å². The third kappa shape index (κ3) is 3.46. The van der Waals surface area contributed by atoms with Crippen LogP contribution in [0, 0.1) is 12.8 Å². The van der Waals surface area contributed by atoms with E-state index in [0.29, 0.717) is 23.9 Å². The highest BCUT2D eigenvalue weighted by atomic mass is 32.1. The van der Waals surface area contributed by atoms with Crippen LogP contribution in [-0.2, 0) is 11.3 Å². The second-order valence-corrected chi connectivity index (χ2v) is 10.9. The zero-order chi connectivity index (χ0) is 23.6. The van der Waals surface area contributed by atoms with Crippen molar-refractivity contribution in [1.82, 2.24) is 14.9 Å². The number of aromatic nitrogens is 2. The van der Waals surface area contributed by atoms with E-state index in [-0.39, 0.29) is 18.1 Å². The molecule has 2 aliphatic rings. The maximum atomic E-state index is 13.9. The number of ether oxygens (including phenoxy) is 1. The van der Waals surface area contributed by atoms with Crippen molar-refractivity contribution in [3.8, 4) is 0 Å². The number of nitrogen functional groups attached to an aromatic ring is 1. The molecule has 0 spiro atoms. The van der Waals surface area contributed by atoms with E-state index in [0.717, 1.165) is 51.9 Å². The van der Waals surface area contributed by atoms with Gasteiger partial charge in [-0.1, -0.05) is 13.0 Å². The molecule has 1 fully saturated rings. The van der Waals surface area contributed by atoms with Crippen LogP contribution in [0.4, 0.5) is 5.82 Å². The van der Waals surface area contributed by atoms with Crippen molar-refractivity contribution in [2.45, 2.75) is 52.4 Å². The molecule has 0 aliphatic carbocycles. The van der Waals surface area contributed by atoms with Gasteiger partial charge in [-0.25, -0.2) is 9.97 Å². The van der Waals surface area contributed by atoms with Crippen molar-refractivity contribution >= 4 is 44.2 Å². The van der Waals surface area contributed by atoms with Crippen LogP contribution >= 0.6 is 11.3 Å². The maximum Gasteiger partial charge on any atom is 0.254 e. The molecule has 1 amide bonds. The molecular weight excluding hydrogens is 444 g/mol. The Morgan fingerprint density at radius 2 is 1.94 bits per heavy atom. The van der Waals surface area contributed by atoms with Gasteiger partial charge in [-0.05, 0) is 74.1 Å². The van der Waals surface area contributed by atoms with Crippen LogP contribution in [0.5, 0.6) is 0 Å². The van der Waals surface area contributed by atoms with Crippen LogP contribution in [0.25, 0.3) is 21.1 Å². The smallest absolute Gasteiger partial charge is 0.254 e. The van der Waals surface area contributed by atoms with Gasteiger partial charge in [0, 0.05) is 23.1 Å². The van der Waals surface area contributed by atoms with Crippen molar-refractivity contribution in [1.29, 1.82) is 0 Å². The molecule has 0 saturated carbocycles. The van der Waals surface area contributed by atoms with Crippen LogP contribution in [-0.4, -0.2) is 27.3 Å². The van der Waals surface area contributed by atoms with E-state index in [1.54, 1.807) is 11.3 Å². The summed E-state index contributed by atoms with van der Waals surface area (Å²) in [6.07, 6.45) is 1.99. The maximum absolute atomic E-state index is 13.9. The Balaban J connectivity index is 1.40. The van der Waals surface area contributed by atoms with Crippen LogP contribution in [0.15, 0.2) is 36.4 Å². The van der Waals surface area contributed by atoms with Gasteiger partial charge in [-0.15, -0.1) is 11.3 Å². The molecule has 3 atom stereocenters. The first kappa shape index (κ1) is 21.5. The molecule has 0 radical (unpaired) electrons. The van der Waals surface area contributed by atoms with Gasteiger partial charge in [0.15, 0.2) is 0 Å². The fourth-order valence-corrected chi connectivity index (χ4v) is 6.43. The third-order valence-electron chi connectivity index (χ3n) is 7.28. The van der Waals surface area contributed by atoms with Crippen molar-refractivity contribution in [2.24, 2.45) is 5.92 Å². The summed E-state index contributed by atoms with van der Waals surface area (Å²) in [5.41, 5.74) is 11.9. The average molecular weight is 473 g/mol. The monoisotopic (exact) mass is 472 g/mol. The predicted molar refractivity (Wildman–Crippen MR) is 136 cm³/mol. The number of pyridine rings is 1. The highest BCUT2D eigenvalue weighted by Gasteiger charge is 2.32. The molecule has 4 aromatic rings. The standard InChI is InChI=1S/C27H28N4O2S/c1-14-4-9-23(17-5-8-22-24(11-17)34-16(3)29-22)31(12-14)27(32)18-6-7-21-19(10-18)20-13-33-15(2)25(20)26(28)30-21/h5-8,10-11,14-15,23H,4,9,12-13H2,1-3H3,(H2,28,30)/t14-,15-,23+/m1/s1. The minimum atomic E-state index is -0.0797. The number of nitrogens with two attached hydrogens (primary N) is 1. The van der Waals surface area contributed by atoms with Crippen LogP contribution in [0.3, 0.4) is 0 Å². The largest absolute Gasteiger partial charge is 0.383 e. The molecule has 6 nitrogen and oxygen atoms in total. The Labute approximate surface area is 202 Å². The number of benzene rings is 2. The summed E-state index contributed by atoms with van der Waals surface area (Å²) in [7, 11) is 0. The number of aryl methyl sites for hydroxylation is 1. The predicted octanol–water partition coefficient (Wildman–Crippen LogP) is 5.94. The molecule has 0 unspecified atom stereocenters. The molecule has 6 rings (SSSR count). The molecule has 1 saturated heterocycles. The van der Waals surface area contributed by atoms with Gasteiger partial charge in [0.05, 0.1) is 39.5 Å². The lowest BCUT2D eigenvalue weighted by atomic mass is 9.89. The van der Waals surface area contributed by atoms with Gasteiger partial charge in [0.2, 0.25) is 0 Å². The fourth-order valence-electron chi connectivity index (χ4n) is 5.55. The van der Waals surface area contributed by atoms with Crippen LogP contribution in [0.2, 0.25) is 0 Å². The zero-order valence-corrected chi connectivity index (χ0v) is 20.5. The van der Waals surface area contributed by atoms with Gasteiger partial charge >= 0.3 is 0 Å². The number of hydrogen-bond donors (Lipinski definition) is 1. The number of likely N-dealkylation sites (tertiary alicyclic amines) is 1. The lowest BCUT2D eigenvalue weighted by Gasteiger charge is -2.39. The van der Waals surface area contributed by atoms with E-state index in [2.05, 4.69) is 40.0 Å². The molecule has 174 valence electrons. The summed E-state index contributed by atoms with van der Waals surface area (Å²) in [6.45, 7) is 7.50.